The Hall–Kier alpha value is -2.87. The van der Waals surface area contributed by atoms with Gasteiger partial charge in [0.25, 0.3) is 5.91 Å². The summed E-state index contributed by atoms with van der Waals surface area (Å²) < 4.78 is 0. The molecule has 106 valence electrons. The minimum Gasteiger partial charge on any atom is -0.365 e. The van der Waals surface area contributed by atoms with E-state index in [4.69, 9.17) is 5.26 Å². The third kappa shape index (κ3) is 3.57. The number of anilines is 1. The predicted octanol–water partition coefficient (Wildman–Crippen LogP) is 2.27. The van der Waals surface area contributed by atoms with E-state index in [2.05, 4.69) is 16.4 Å². The molecule has 0 aliphatic heterocycles. The van der Waals surface area contributed by atoms with Crippen LogP contribution in [0.2, 0.25) is 0 Å². The smallest absolute Gasteiger partial charge is 0.253 e. The third-order valence-electron chi connectivity index (χ3n) is 3.00. The van der Waals surface area contributed by atoms with Gasteiger partial charge in [-0.05, 0) is 29.8 Å². The first kappa shape index (κ1) is 14.5. The van der Waals surface area contributed by atoms with Crippen LogP contribution in [0.25, 0.3) is 0 Å². The summed E-state index contributed by atoms with van der Waals surface area (Å²) in [6, 6.07) is 12.9. The fourth-order valence-corrected chi connectivity index (χ4v) is 1.85. The van der Waals surface area contributed by atoms with Gasteiger partial charge in [-0.25, -0.2) is 4.98 Å². The molecule has 0 aliphatic rings. The summed E-state index contributed by atoms with van der Waals surface area (Å²) in [5, 5.41) is 12.1. The Bertz CT molecular complexity index is 671. The van der Waals surface area contributed by atoms with Crippen LogP contribution in [-0.2, 0) is 6.54 Å². The van der Waals surface area contributed by atoms with Gasteiger partial charge in [0.2, 0.25) is 0 Å². The number of nitrogens with zero attached hydrogens (tertiary/aromatic N) is 3. The van der Waals surface area contributed by atoms with Crippen LogP contribution in [-0.4, -0.2) is 29.9 Å². The number of hydrogen-bond donors (Lipinski definition) is 1. The lowest BCUT2D eigenvalue weighted by molar-refractivity contribution is 0.0827. The summed E-state index contributed by atoms with van der Waals surface area (Å²) in [7, 11) is 3.45. The second-order valence-corrected chi connectivity index (χ2v) is 4.76. The minimum absolute atomic E-state index is 0.0222. The fourth-order valence-electron chi connectivity index (χ4n) is 1.85. The van der Waals surface area contributed by atoms with Gasteiger partial charge in [-0.15, -0.1) is 0 Å². The number of nitriles is 1. The highest BCUT2D eigenvalue weighted by Crippen LogP contribution is 2.12. The average Bonchev–Trinajstić information content (AvgIpc) is 2.52. The molecule has 1 amide bonds. The zero-order valence-electron chi connectivity index (χ0n) is 12.0. The lowest BCUT2D eigenvalue weighted by Crippen LogP contribution is -2.21. The van der Waals surface area contributed by atoms with Crippen LogP contribution in [0.5, 0.6) is 0 Å². The Balaban J connectivity index is 2.05. The first-order valence-corrected chi connectivity index (χ1v) is 6.51. The number of amides is 1. The molecule has 0 spiro atoms. The van der Waals surface area contributed by atoms with E-state index >= 15 is 0 Å². The van der Waals surface area contributed by atoms with Gasteiger partial charge in [0.05, 0.1) is 5.56 Å². The molecule has 2 aromatic rings. The zero-order valence-corrected chi connectivity index (χ0v) is 12.0. The molecule has 0 saturated heterocycles. The number of carbonyl (C=O) groups excluding carboxylic acids is 1. The monoisotopic (exact) mass is 280 g/mol. The zero-order chi connectivity index (χ0) is 15.2. The Morgan fingerprint density at radius 1 is 1.29 bits per heavy atom. The van der Waals surface area contributed by atoms with Gasteiger partial charge in [0.1, 0.15) is 11.9 Å². The van der Waals surface area contributed by atoms with Crippen molar-refractivity contribution in [1.29, 1.82) is 5.26 Å². The fraction of sp³-hybridized carbons (Fsp3) is 0.188. The molecule has 0 radical (unpaired) electrons. The van der Waals surface area contributed by atoms with E-state index < -0.39 is 0 Å². The normalized spacial score (nSPS) is 9.76. The number of benzene rings is 1. The van der Waals surface area contributed by atoms with Crippen molar-refractivity contribution in [1.82, 2.24) is 9.88 Å². The molecule has 1 heterocycles. The molecule has 0 saturated carbocycles. The number of pyridine rings is 1. The van der Waals surface area contributed by atoms with Crippen molar-refractivity contribution in [3.8, 4) is 6.07 Å². The Morgan fingerprint density at radius 2 is 2.00 bits per heavy atom. The van der Waals surface area contributed by atoms with Gasteiger partial charge in [-0.2, -0.15) is 5.26 Å². The van der Waals surface area contributed by atoms with Gasteiger partial charge in [0, 0.05) is 32.4 Å². The molecule has 1 aromatic heterocycles. The maximum Gasteiger partial charge on any atom is 0.253 e. The summed E-state index contributed by atoms with van der Waals surface area (Å²) in [4.78, 5) is 17.5. The molecule has 0 unspecified atom stereocenters. The highest BCUT2D eigenvalue weighted by Gasteiger charge is 2.07. The highest BCUT2D eigenvalue weighted by atomic mass is 16.2. The maximum atomic E-state index is 11.8. The standard InChI is InChI=1S/C16H16N4O/c1-20(2)16(21)13-7-5-12(6-8-13)11-19-15-14(10-17)4-3-9-18-15/h3-9H,11H2,1-2H3,(H,18,19). The van der Waals surface area contributed by atoms with Gasteiger partial charge in [-0.1, -0.05) is 12.1 Å². The molecule has 0 bridgehead atoms. The van der Waals surface area contributed by atoms with E-state index in [9.17, 15) is 4.79 Å². The van der Waals surface area contributed by atoms with E-state index in [-0.39, 0.29) is 5.91 Å². The van der Waals surface area contributed by atoms with Gasteiger partial charge >= 0.3 is 0 Å². The van der Waals surface area contributed by atoms with Crippen molar-refractivity contribution < 1.29 is 4.79 Å². The summed E-state index contributed by atoms with van der Waals surface area (Å²) in [6.45, 7) is 0.544. The van der Waals surface area contributed by atoms with Crippen molar-refractivity contribution >= 4 is 11.7 Å². The van der Waals surface area contributed by atoms with Crippen LogP contribution >= 0.6 is 0 Å². The van der Waals surface area contributed by atoms with Crippen LogP contribution in [0.15, 0.2) is 42.6 Å². The molecule has 1 N–H and O–H groups in total. The number of rotatable bonds is 4. The highest BCUT2D eigenvalue weighted by molar-refractivity contribution is 5.93. The van der Waals surface area contributed by atoms with E-state index in [0.717, 1.165) is 5.56 Å². The first-order chi connectivity index (χ1) is 10.1. The summed E-state index contributed by atoms with van der Waals surface area (Å²) in [5.41, 5.74) is 2.18. The second-order valence-electron chi connectivity index (χ2n) is 4.76. The molecule has 5 nitrogen and oxygen atoms in total. The van der Waals surface area contributed by atoms with Crippen LogP contribution < -0.4 is 5.32 Å². The molecule has 2 rings (SSSR count). The summed E-state index contributed by atoms with van der Waals surface area (Å²) in [6.07, 6.45) is 1.64. The maximum absolute atomic E-state index is 11.8. The lowest BCUT2D eigenvalue weighted by Gasteiger charge is -2.11. The Morgan fingerprint density at radius 3 is 2.62 bits per heavy atom. The molecule has 0 fully saturated rings. The molecule has 0 atom stereocenters. The number of aromatic nitrogens is 1. The Labute approximate surface area is 123 Å². The van der Waals surface area contributed by atoms with Crippen LogP contribution in [0.4, 0.5) is 5.82 Å². The van der Waals surface area contributed by atoms with Crippen LogP contribution in [0.3, 0.4) is 0 Å². The topological polar surface area (TPSA) is 69.0 Å². The lowest BCUT2D eigenvalue weighted by atomic mass is 10.1. The second kappa shape index (κ2) is 6.53. The van der Waals surface area contributed by atoms with Gasteiger partial charge in [0.15, 0.2) is 0 Å². The van der Waals surface area contributed by atoms with Gasteiger partial charge in [-0.3, -0.25) is 4.79 Å². The van der Waals surface area contributed by atoms with E-state index in [0.29, 0.717) is 23.5 Å². The van der Waals surface area contributed by atoms with Crippen LogP contribution in [0.1, 0.15) is 21.5 Å². The quantitative estimate of drug-likeness (QED) is 0.932. The number of carbonyl (C=O) groups is 1. The predicted molar refractivity (Wildman–Crippen MR) is 80.7 cm³/mol. The number of hydrogen-bond acceptors (Lipinski definition) is 4. The largest absolute Gasteiger partial charge is 0.365 e. The summed E-state index contributed by atoms with van der Waals surface area (Å²) in [5.74, 6) is 0.541. The van der Waals surface area contributed by atoms with Crippen molar-refractivity contribution in [3.63, 3.8) is 0 Å². The van der Waals surface area contributed by atoms with Crippen molar-refractivity contribution in [2.24, 2.45) is 0 Å². The van der Waals surface area contributed by atoms with Crippen LogP contribution in [0, 0.1) is 11.3 Å². The molecule has 5 heteroatoms. The van der Waals surface area contributed by atoms with Gasteiger partial charge < -0.3 is 10.2 Å². The summed E-state index contributed by atoms with van der Waals surface area (Å²) >= 11 is 0. The molecule has 0 aliphatic carbocycles. The van der Waals surface area contributed by atoms with E-state index in [1.807, 2.05) is 12.1 Å². The van der Waals surface area contributed by atoms with E-state index in [1.165, 1.54) is 0 Å². The average molecular weight is 280 g/mol. The molecule has 21 heavy (non-hydrogen) atoms. The number of nitrogens with one attached hydrogen (secondary N) is 1. The molecular weight excluding hydrogens is 264 g/mol. The molecule has 1 aromatic carbocycles. The van der Waals surface area contributed by atoms with Crippen molar-refractivity contribution in [2.75, 3.05) is 19.4 Å². The molecular formula is C16H16N4O. The SMILES string of the molecule is CN(C)C(=O)c1ccc(CNc2ncccc2C#N)cc1. The Kier molecular flexibility index (Phi) is 4.52. The van der Waals surface area contributed by atoms with E-state index in [1.54, 1.807) is 49.5 Å². The van der Waals surface area contributed by atoms with Crippen molar-refractivity contribution in [2.45, 2.75) is 6.54 Å². The first-order valence-electron chi connectivity index (χ1n) is 6.51. The minimum atomic E-state index is -0.0222. The third-order valence-corrected chi connectivity index (χ3v) is 3.00. The van der Waals surface area contributed by atoms with Crippen molar-refractivity contribution in [3.05, 3.63) is 59.3 Å².